The highest BCUT2D eigenvalue weighted by molar-refractivity contribution is 6.30. The molecule has 0 saturated carbocycles. The van der Waals surface area contributed by atoms with Crippen molar-refractivity contribution < 1.29 is 19.5 Å². The highest BCUT2D eigenvalue weighted by Crippen LogP contribution is 2.65. The summed E-state index contributed by atoms with van der Waals surface area (Å²) in [5.74, 6) is -5.27. The third-order valence-corrected chi connectivity index (χ3v) is 11.2. The second-order valence-corrected chi connectivity index (χ2v) is 14.3. The first-order valence-corrected chi connectivity index (χ1v) is 18.0. The van der Waals surface area contributed by atoms with E-state index >= 15 is 9.59 Å². The van der Waals surface area contributed by atoms with Gasteiger partial charge in [0.2, 0.25) is 5.91 Å². The van der Waals surface area contributed by atoms with E-state index in [1.807, 2.05) is 48.5 Å². The van der Waals surface area contributed by atoms with Crippen LogP contribution in [0.2, 0.25) is 10.0 Å². The first-order valence-electron chi connectivity index (χ1n) is 17.2. The predicted octanol–water partition coefficient (Wildman–Crippen LogP) is 8.63. The molecule has 0 aliphatic carbocycles. The molecule has 6 aromatic rings. The van der Waals surface area contributed by atoms with Crippen molar-refractivity contribution in [1.29, 1.82) is 0 Å². The average molecular weight is 740 g/mol. The highest BCUT2D eigenvalue weighted by Gasteiger charge is 2.69. The van der Waals surface area contributed by atoms with Gasteiger partial charge in [0.15, 0.2) is 11.6 Å². The summed E-state index contributed by atoms with van der Waals surface area (Å²) in [5.41, 5.74) is 1.31. The third-order valence-electron chi connectivity index (χ3n) is 10.7. The number of carbonyl (C=O) groups is 3. The zero-order valence-electron chi connectivity index (χ0n) is 28.2. The molecule has 8 rings (SSSR count). The Balaban J connectivity index is 1.47. The lowest BCUT2D eigenvalue weighted by Gasteiger charge is -2.51. The third kappa shape index (κ3) is 5.88. The van der Waals surface area contributed by atoms with Gasteiger partial charge in [-0.2, -0.15) is 0 Å². The Labute approximate surface area is 316 Å². The Morgan fingerprint density at radius 2 is 1.28 bits per heavy atom. The Kier molecular flexibility index (Phi) is 9.10. The monoisotopic (exact) mass is 738 g/mol. The van der Waals surface area contributed by atoms with Gasteiger partial charge < -0.3 is 10.0 Å². The number of amides is 1. The smallest absolute Gasteiger partial charge is 0.235 e. The SMILES string of the molecule is O=C(c1ccccc1O)[C@H]1C(=O)N2[C@H](c3ccccn3)[C@@H](c3ccc(Cl)cc3)[C@H](C(=O)c3ccccn3)[C@@]2(c2ccccn2)C[C@@H]1c1ccc(Cl)cc1. The summed E-state index contributed by atoms with van der Waals surface area (Å²) >= 11 is 12.8. The van der Waals surface area contributed by atoms with E-state index in [1.165, 1.54) is 12.1 Å². The molecule has 0 bridgehead atoms. The number of aromatic hydroxyl groups is 1. The summed E-state index contributed by atoms with van der Waals surface area (Å²) in [6, 6.07) is 35.8. The molecule has 2 aliphatic heterocycles. The molecule has 1 N–H and O–H groups in total. The number of rotatable bonds is 8. The number of halogens is 2. The first-order chi connectivity index (χ1) is 25.8. The summed E-state index contributed by atoms with van der Waals surface area (Å²) in [7, 11) is 0. The van der Waals surface area contributed by atoms with Crippen molar-refractivity contribution in [2.45, 2.75) is 29.8 Å². The van der Waals surface area contributed by atoms with E-state index < -0.39 is 46.9 Å². The lowest BCUT2D eigenvalue weighted by atomic mass is 9.62. The fourth-order valence-electron chi connectivity index (χ4n) is 8.52. The number of benzene rings is 3. The summed E-state index contributed by atoms with van der Waals surface area (Å²) in [5, 5.41) is 11.9. The molecule has 0 radical (unpaired) electrons. The standard InChI is InChI=1S/C43H32Cl2N4O4/c44-28-18-14-26(15-19-28)31-25-43(35-13-5-8-24-48-35)38(41(52)33-11-4-7-23-47-33)36(27-16-20-29(45)21-17-27)39(32-10-3-6-22-46-32)49(43)42(53)37(31)40(51)30-9-1-2-12-34(30)50/h1-24,31,36-39,50H,25H2/t31-,36+,37+,38-,39-,43+/m1/s1. The molecule has 2 saturated heterocycles. The highest BCUT2D eigenvalue weighted by atomic mass is 35.5. The topological polar surface area (TPSA) is 113 Å². The van der Waals surface area contributed by atoms with Crippen LogP contribution in [0.15, 0.2) is 146 Å². The number of ketones is 2. The maximum absolute atomic E-state index is 15.9. The number of hydrogen-bond acceptors (Lipinski definition) is 7. The number of phenols is 1. The number of nitrogens with zero attached hydrogens (tertiary/aromatic N) is 4. The van der Waals surface area contributed by atoms with Crippen LogP contribution in [0.5, 0.6) is 5.75 Å². The summed E-state index contributed by atoms with van der Waals surface area (Å²) in [6.45, 7) is 0. The molecule has 0 unspecified atom stereocenters. The molecule has 5 heterocycles. The number of Topliss-reactive ketones (excluding diaryl/α,β-unsaturated/α-hetero) is 2. The van der Waals surface area contributed by atoms with E-state index in [2.05, 4.69) is 4.98 Å². The molecule has 6 atom stereocenters. The maximum Gasteiger partial charge on any atom is 0.235 e. The molecule has 3 aromatic carbocycles. The van der Waals surface area contributed by atoms with Crippen LogP contribution in [0.1, 0.15) is 67.7 Å². The quantitative estimate of drug-likeness (QED) is 0.123. The van der Waals surface area contributed by atoms with Crippen LogP contribution in [0.4, 0.5) is 0 Å². The number of aromatic nitrogens is 3. The van der Waals surface area contributed by atoms with Crippen molar-refractivity contribution in [1.82, 2.24) is 19.9 Å². The molecule has 8 nitrogen and oxygen atoms in total. The normalized spacial score (nSPS) is 23.7. The van der Waals surface area contributed by atoms with Crippen molar-refractivity contribution in [3.8, 4) is 5.75 Å². The van der Waals surface area contributed by atoms with E-state index in [9.17, 15) is 9.90 Å². The molecular formula is C43H32Cl2N4O4. The van der Waals surface area contributed by atoms with Crippen LogP contribution >= 0.6 is 23.2 Å². The lowest BCUT2D eigenvalue weighted by molar-refractivity contribution is -0.149. The van der Waals surface area contributed by atoms with E-state index in [-0.39, 0.29) is 29.2 Å². The van der Waals surface area contributed by atoms with Crippen LogP contribution in [0, 0.1) is 11.8 Å². The summed E-state index contributed by atoms with van der Waals surface area (Å²) < 4.78 is 0. The van der Waals surface area contributed by atoms with Crippen LogP contribution in [-0.2, 0) is 10.3 Å². The molecule has 2 fully saturated rings. The van der Waals surface area contributed by atoms with Crippen molar-refractivity contribution in [2.24, 2.45) is 11.8 Å². The number of carbonyl (C=O) groups excluding carboxylic acids is 3. The van der Waals surface area contributed by atoms with Crippen molar-refractivity contribution in [2.75, 3.05) is 0 Å². The largest absolute Gasteiger partial charge is 0.507 e. The Hall–Kier alpha value is -5.70. The minimum atomic E-state index is -1.42. The molecule has 10 heteroatoms. The van der Waals surface area contributed by atoms with Gasteiger partial charge in [-0.25, -0.2) is 0 Å². The van der Waals surface area contributed by atoms with Gasteiger partial charge in [0, 0.05) is 40.5 Å². The van der Waals surface area contributed by atoms with Crippen LogP contribution in [0.25, 0.3) is 0 Å². The van der Waals surface area contributed by atoms with E-state index in [4.69, 9.17) is 33.2 Å². The zero-order valence-corrected chi connectivity index (χ0v) is 29.7. The number of fused-ring (bicyclic) bond motifs is 1. The Bertz CT molecular complexity index is 2290. The average Bonchev–Trinajstić information content (AvgIpc) is 3.51. The fraction of sp³-hybridized carbons (Fsp3) is 0.163. The van der Waals surface area contributed by atoms with E-state index in [1.54, 1.807) is 90.2 Å². The second-order valence-electron chi connectivity index (χ2n) is 13.4. The summed E-state index contributed by atoms with van der Waals surface area (Å²) in [4.78, 5) is 62.0. The number of phenolic OH excluding ortho intramolecular Hbond substituents is 1. The van der Waals surface area contributed by atoms with Crippen LogP contribution in [-0.4, -0.2) is 42.4 Å². The van der Waals surface area contributed by atoms with Gasteiger partial charge in [0.25, 0.3) is 0 Å². The van der Waals surface area contributed by atoms with Gasteiger partial charge in [-0.3, -0.25) is 29.3 Å². The van der Waals surface area contributed by atoms with Gasteiger partial charge >= 0.3 is 0 Å². The molecule has 262 valence electrons. The second kappa shape index (κ2) is 14.0. The van der Waals surface area contributed by atoms with E-state index in [0.29, 0.717) is 27.0 Å². The number of piperidine rings is 1. The van der Waals surface area contributed by atoms with Gasteiger partial charge in [-0.05, 0) is 90.3 Å². The Morgan fingerprint density at radius 1 is 0.679 bits per heavy atom. The number of para-hydroxylation sites is 1. The molecule has 0 spiro atoms. The Morgan fingerprint density at radius 3 is 1.89 bits per heavy atom. The first kappa shape index (κ1) is 34.4. The summed E-state index contributed by atoms with van der Waals surface area (Å²) in [6.07, 6.45) is 5.00. The lowest BCUT2D eigenvalue weighted by Crippen LogP contribution is -2.59. The molecule has 53 heavy (non-hydrogen) atoms. The van der Waals surface area contributed by atoms with E-state index in [0.717, 1.165) is 5.56 Å². The van der Waals surface area contributed by atoms with Crippen LogP contribution < -0.4 is 0 Å². The minimum Gasteiger partial charge on any atom is -0.507 e. The maximum atomic E-state index is 15.9. The van der Waals surface area contributed by atoms with Crippen LogP contribution in [0.3, 0.4) is 0 Å². The van der Waals surface area contributed by atoms with Crippen molar-refractivity contribution in [3.05, 3.63) is 190 Å². The predicted molar refractivity (Wildman–Crippen MR) is 201 cm³/mol. The molecule has 2 aliphatic rings. The number of hydrogen-bond donors (Lipinski definition) is 1. The van der Waals surface area contributed by atoms with Gasteiger partial charge in [0.1, 0.15) is 17.4 Å². The van der Waals surface area contributed by atoms with Gasteiger partial charge in [0.05, 0.1) is 34.4 Å². The van der Waals surface area contributed by atoms with Gasteiger partial charge in [-0.1, -0.05) is 77.8 Å². The fourth-order valence-corrected chi connectivity index (χ4v) is 8.77. The zero-order chi connectivity index (χ0) is 36.7. The number of pyridine rings is 3. The molecule has 3 aromatic heterocycles. The van der Waals surface area contributed by atoms with Crippen molar-refractivity contribution >= 4 is 40.7 Å². The van der Waals surface area contributed by atoms with Crippen molar-refractivity contribution in [3.63, 3.8) is 0 Å². The minimum absolute atomic E-state index is 0.0269. The molecule has 1 amide bonds. The van der Waals surface area contributed by atoms with Gasteiger partial charge in [-0.15, -0.1) is 0 Å². The molecular weight excluding hydrogens is 707 g/mol.